The Kier molecular flexibility index (Phi) is 2.76. The van der Waals surface area contributed by atoms with E-state index in [1.54, 1.807) is 6.07 Å². The molecule has 4 nitrogen and oxygen atoms in total. The van der Waals surface area contributed by atoms with Crippen molar-refractivity contribution >= 4 is 16.9 Å². The topological polar surface area (TPSA) is 55.1 Å². The summed E-state index contributed by atoms with van der Waals surface area (Å²) >= 11 is 0. The molecule has 0 amide bonds. The Morgan fingerprint density at radius 2 is 2.05 bits per heavy atom. The minimum atomic E-state index is -1.00. The Labute approximate surface area is 109 Å². The summed E-state index contributed by atoms with van der Waals surface area (Å²) in [6, 6.07) is 13.6. The number of carboxylic acid groups (broad SMARTS) is 1. The van der Waals surface area contributed by atoms with Crippen LogP contribution < -0.4 is 0 Å². The van der Waals surface area contributed by atoms with Gasteiger partial charge in [0.15, 0.2) is 0 Å². The van der Waals surface area contributed by atoms with Gasteiger partial charge in [-0.1, -0.05) is 18.2 Å². The molecular formula is C15H12N2O2. The lowest BCUT2D eigenvalue weighted by Gasteiger charge is -2.06. The van der Waals surface area contributed by atoms with Crippen LogP contribution in [0.1, 0.15) is 16.1 Å². The lowest BCUT2D eigenvalue weighted by atomic mass is 10.2. The quantitative estimate of drug-likeness (QED) is 0.779. The predicted molar refractivity (Wildman–Crippen MR) is 72.2 cm³/mol. The van der Waals surface area contributed by atoms with Crippen molar-refractivity contribution in [1.29, 1.82) is 0 Å². The molecule has 3 aromatic rings. The number of carbonyl (C=O) groups is 1. The van der Waals surface area contributed by atoms with Crippen molar-refractivity contribution < 1.29 is 9.90 Å². The monoisotopic (exact) mass is 252 g/mol. The van der Waals surface area contributed by atoms with E-state index >= 15 is 0 Å². The highest BCUT2D eigenvalue weighted by Gasteiger charge is 2.06. The number of carboxylic acids is 1. The molecule has 0 saturated heterocycles. The smallest absolute Gasteiger partial charge is 0.354 e. The molecule has 0 bridgehead atoms. The molecule has 0 aliphatic heterocycles. The van der Waals surface area contributed by atoms with Crippen LogP contribution in [-0.2, 0) is 6.54 Å². The molecule has 2 aromatic heterocycles. The summed E-state index contributed by atoms with van der Waals surface area (Å²) in [5, 5.41) is 10.1. The summed E-state index contributed by atoms with van der Waals surface area (Å²) < 4.78 is 2.09. The van der Waals surface area contributed by atoms with Crippen LogP contribution in [0.4, 0.5) is 0 Å². The Balaban J connectivity index is 1.97. The van der Waals surface area contributed by atoms with Gasteiger partial charge < -0.3 is 9.67 Å². The number of rotatable bonds is 3. The van der Waals surface area contributed by atoms with Gasteiger partial charge in [0.05, 0.1) is 0 Å². The molecule has 1 aromatic carbocycles. The van der Waals surface area contributed by atoms with Crippen LogP contribution >= 0.6 is 0 Å². The molecule has 0 aliphatic rings. The van der Waals surface area contributed by atoms with Crippen LogP contribution in [0.2, 0.25) is 0 Å². The fourth-order valence-corrected chi connectivity index (χ4v) is 2.16. The summed E-state index contributed by atoms with van der Waals surface area (Å²) in [6.45, 7) is 0.635. The Morgan fingerprint density at radius 3 is 2.89 bits per heavy atom. The van der Waals surface area contributed by atoms with Gasteiger partial charge in [0.2, 0.25) is 0 Å². The number of benzene rings is 1. The first kappa shape index (κ1) is 11.5. The van der Waals surface area contributed by atoms with Crippen molar-refractivity contribution in [2.75, 3.05) is 0 Å². The first-order valence-electron chi connectivity index (χ1n) is 5.96. The third-order valence-electron chi connectivity index (χ3n) is 3.08. The summed E-state index contributed by atoms with van der Waals surface area (Å²) in [5.41, 5.74) is 2.14. The number of aromatic carboxylic acids is 1. The third kappa shape index (κ3) is 2.20. The maximum Gasteiger partial charge on any atom is 0.354 e. The van der Waals surface area contributed by atoms with Gasteiger partial charge in [-0.15, -0.1) is 0 Å². The van der Waals surface area contributed by atoms with E-state index in [9.17, 15) is 4.79 Å². The van der Waals surface area contributed by atoms with E-state index in [0.29, 0.717) is 6.54 Å². The largest absolute Gasteiger partial charge is 0.477 e. The van der Waals surface area contributed by atoms with Crippen molar-refractivity contribution in [2.45, 2.75) is 6.54 Å². The molecule has 0 saturated carbocycles. The molecule has 0 fully saturated rings. The second kappa shape index (κ2) is 4.57. The molecule has 94 valence electrons. The van der Waals surface area contributed by atoms with Crippen LogP contribution in [0.25, 0.3) is 10.9 Å². The predicted octanol–water partition coefficient (Wildman–Crippen LogP) is 2.78. The molecule has 0 radical (unpaired) electrons. The van der Waals surface area contributed by atoms with Gasteiger partial charge in [0, 0.05) is 24.5 Å². The van der Waals surface area contributed by atoms with Gasteiger partial charge in [0.25, 0.3) is 0 Å². The molecule has 0 aliphatic carbocycles. The van der Waals surface area contributed by atoms with E-state index in [1.807, 2.05) is 24.4 Å². The van der Waals surface area contributed by atoms with Crippen molar-refractivity contribution in [3.8, 4) is 0 Å². The van der Waals surface area contributed by atoms with Gasteiger partial charge in [-0.2, -0.15) is 0 Å². The zero-order valence-corrected chi connectivity index (χ0v) is 10.2. The van der Waals surface area contributed by atoms with E-state index in [0.717, 1.165) is 11.1 Å². The van der Waals surface area contributed by atoms with E-state index in [1.165, 1.54) is 11.6 Å². The highest BCUT2D eigenvalue weighted by molar-refractivity contribution is 5.85. The number of aromatic nitrogens is 2. The van der Waals surface area contributed by atoms with Crippen molar-refractivity contribution in [3.05, 3.63) is 66.1 Å². The Hall–Kier alpha value is -2.62. The second-order valence-corrected chi connectivity index (χ2v) is 4.36. The number of hydrogen-bond donors (Lipinski definition) is 1. The van der Waals surface area contributed by atoms with E-state index < -0.39 is 5.97 Å². The maximum atomic E-state index is 10.9. The normalized spacial score (nSPS) is 10.7. The molecule has 0 atom stereocenters. The summed E-state index contributed by atoms with van der Waals surface area (Å²) in [7, 11) is 0. The zero-order chi connectivity index (χ0) is 13.2. The highest BCUT2D eigenvalue weighted by Crippen LogP contribution is 2.16. The highest BCUT2D eigenvalue weighted by atomic mass is 16.4. The van der Waals surface area contributed by atoms with Crippen LogP contribution in [0, 0.1) is 0 Å². The summed E-state index contributed by atoms with van der Waals surface area (Å²) in [6.07, 6.45) is 3.54. The number of para-hydroxylation sites is 1. The van der Waals surface area contributed by atoms with Crippen LogP contribution in [0.5, 0.6) is 0 Å². The molecule has 0 spiro atoms. The molecule has 4 heteroatoms. The first-order valence-corrected chi connectivity index (χ1v) is 5.96. The van der Waals surface area contributed by atoms with Gasteiger partial charge in [0.1, 0.15) is 5.69 Å². The first-order chi connectivity index (χ1) is 9.24. The summed E-state index contributed by atoms with van der Waals surface area (Å²) in [4.78, 5) is 14.7. The molecular weight excluding hydrogens is 240 g/mol. The number of fused-ring (bicyclic) bond motifs is 1. The lowest BCUT2D eigenvalue weighted by molar-refractivity contribution is 0.0690. The average molecular weight is 252 g/mol. The zero-order valence-electron chi connectivity index (χ0n) is 10.2. The second-order valence-electron chi connectivity index (χ2n) is 4.36. The van der Waals surface area contributed by atoms with Gasteiger partial charge in [-0.05, 0) is 35.2 Å². The summed E-state index contributed by atoms with van der Waals surface area (Å²) in [5.74, 6) is -1.00. The standard InChI is InChI=1S/C15H12N2O2/c18-15(19)13-9-11(5-7-16-13)10-17-8-6-12-3-1-2-4-14(12)17/h1-9H,10H2,(H,18,19). The third-order valence-corrected chi connectivity index (χ3v) is 3.08. The molecule has 2 heterocycles. The number of pyridine rings is 1. The molecule has 19 heavy (non-hydrogen) atoms. The fraction of sp³-hybridized carbons (Fsp3) is 0.0667. The van der Waals surface area contributed by atoms with E-state index in [4.69, 9.17) is 5.11 Å². The average Bonchev–Trinajstić information content (AvgIpc) is 2.83. The maximum absolute atomic E-state index is 10.9. The number of nitrogens with zero attached hydrogens (tertiary/aromatic N) is 2. The van der Waals surface area contributed by atoms with E-state index in [-0.39, 0.29) is 5.69 Å². The van der Waals surface area contributed by atoms with Gasteiger partial charge in [-0.25, -0.2) is 9.78 Å². The minimum absolute atomic E-state index is 0.0777. The van der Waals surface area contributed by atoms with Gasteiger partial charge in [-0.3, -0.25) is 0 Å². The van der Waals surface area contributed by atoms with Gasteiger partial charge >= 0.3 is 5.97 Å². The molecule has 3 rings (SSSR count). The lowest BCUT2D eigenvalue weighted by Crippen LogP contribution is -2.03. The molecule has 0 unspecified atom stereocenters. The van der Waals surface area contributed by atoms with Crippen LogP contribution in [0.15, 0.2) is 54.9 Å². The number of hydrogen-bond acceptors (Lipinski definition) is 2. The fourth-order valence-electron chi connectivity index (χ4n) is 2.16. The van der Waals surface area contributed by atoms with Crippen LogP contribution in [0.3, 0.4) is 0 Å². The minimum Gasteiger partial charge on any atom is -0.477 e. The van der Waals surface area contributed by atoms with E-state index in [2.05, 4.69) is 27.8 Å². The Bertz CT molecular complexity index is 746. The SMILES string of the molecule is O=C(O)c1cc(Cn2ccc3ccccc32)ccn1. The molecule has 1 N–H and O–H groups in total. The van der Waals surface area contributed by atoms with Crippen molar-refractivity contribution in [2.24, 2.45) is 0 Å². The van der Waals surface area contributed by atoms with Crippen LogP contribution in [-0.4, -0.2) is 20.6 Å². The Morgan fingerprint density at radius 1 is 1.21 bits per heavy atom. The van der Waals surface area contributed by atoms with Crippen molar-refractivity contribution in [1.82, 2.24) is 9.55 Å². The van der Waals surface area contributed by atoms with Crippen molar-refractivity contribution in [3.63, 3.8) is 0 Å².